The van der Waals surface area contributed by atoms with Crippen molar-refractivity contribution in [2.45, 2.75) is 54.4 Å². The third kappa shape index (κ3) is 2.27. The number of hydrogen-bond acceptors (Lipinski definition) is 0. The van der Waals surface area contributed by atoms with E-state index in [9.17, 15) is 0 Å². The van der Waals surface area contributed by atoms with E-state index in [2.05, 4.69) is 41.5 Å². The van der Waals surface area contributed by atoms with Gasteiger partial charge >= 0.3 is 0 Å². The van der Waals surface area contributed by atoms with E-state index >= 15 is 0 Å². The SMILES string of the molecule is CC(C)C(C)C(C)(C)C(C)C1CC1. The Labute approximate surface area is 84.1 Å². The van der Waals surface area contributed by atoms with Gasteiger partial charge in [-0.3, -0.25) is 0 Å². The monoisotopic (exact) mass is 182 g/mol. The zero-order chi connectivity index (χ0) is 10.2. The summed E-state index contributed by atoms with van der Waals surface area (Å²) >= 11 is 0. The van der Waals surface area contributed by atoms with E-state index in [1.54, 1.807) is 0 Å². The van der Waals surface area contributed by atoms with Crippen molar-refractivity contribution in [2.24, 2.45) is 29.1 Å². The van der Waals surface area contributed by atoms with Crippen molar-refractivity contribution in [2.75, 3.05) is 0 Å². The molecular formula is C13H26. The lowest BCUT2D eigenvalue weighted by Gasteiger charge is -2.40. The van der Waals surface area contributed by atoms with Crippen LogP contribution in [0.15, 0.2) is 0 Å². The summed E-state index contributed by atoms with van der Waals surface area (Å²) in [5.74, 6) is 3.60. The normalized spacial score (nSPS) is 23.3. The summed E-state index contributed by atoms with van der Waals surface area (Å²) in [7, 11) is 0. The molecular weight excluding hydrogens is 156 g/mol. The molecule has 0 nitrogen and oxygen atoms in total. The second-order valence-corrected chi connectivity index (χ2v) is 5.98. The minimum atomic E-state index is 0.523. The maximum Gasteiger partial charge on any atom is -0.0298 e. The predicted molar refractivity (Wildman–Crippen MR) is 59.7 cm³/mol. The Hall–Kier alpha value is 0. The van der Waals surface area contributed by atoms with Crippen LogP contribution in [0.1, 0.15) is 54.4 Å². The van der Waals surface area contributed by atoms with Gasteiger partial charge in [-0.15, -0.1) is 0 Å². The molecule has 0 aromatic rings. The Kier molecular flexibility index (Phi) is 3.09. The van der Waals surface area contributed by atoms with Gasteiger partial charge in [0.25, 0.3) is 0 Å². The summed E-state index contributed by atoms with van der Waals surface area (Å²) in [5.41, 5.74) is 0.523. The molecule has 1 fully saturated rings. The molecule has 2 unspecified atom stereocenters. The fourth-order valence-electron chi connectivity index (χ4n) is 2.48. The van der Waals surface area contributed by atoms with Crippen molar-refractivity contribution in [1.29, 1.82) is 0 Å². The summed E-state index contributed by atoms with van der Waals surface area (Å²) < 4.78 is 0. The van der Waals surface area contributed by atoms with E-state index < -0.39 is 0 Å². The van der Waals surface area contributed by atoms with Crippen molar-refractivity contribution in [3.63, 3.8) is 0 Å². The first kappa shape index (κ1) is 11.1. The van der Waals surface area contributed by atoms with Crippen LogP contribution < -0.4 is 0 Å². The molecule has 0 N–H and O–H groups in total. The molecule has 0 heteroatoms. The zero-order valence-corrected chi connectivity index (χ0v) is 10.2. The Morgan fingerprint density at radius 2 is 1.46 bits per heavy atom. The van der Waals surface area contributed by atoms with Gasteiger partial charge in [0.15, 0.2) is 0 Å². The Balaban J connectivity index is 2.61. The van der Waals surface area contributed by atoms with Crippen molar-refractivity contribution in [3.05, 3.63) is 0 Å². The first-order valence-corrected chi connectivity index (χ1v) is 5.87. The average molecular weight is 182 g/mol. The molecule has 0 radical (unpaired) electrons. The average Bonchev–Trinajstić information content (AvgIpc) is 2.83. The van der Waals surface area contributed by atoms with Crippen LogP contribution >= 0.6 is 0 Å². The van der Waals surface area contributed by atoms with Crippen LogP contribution in [-0.2, 0) is 0 Å². The van der Waals surface area contributed by atoms with Gasteiger partial charge in [0.2, 0.25) is 0 Å². The summed E-state index contributed by atoms with van der Waals surface area (Å²) in [6.45, 7) is 14.5. The summed E-state index contributed by atoms with van der Waals surface area (Å²) in [6, 6.07) is 0. The van der Waals surface area contributed by atoms with E-state index in [1.165, 1.54) is 12.8 Å². The molecule has 0 saturated heterocycles. The van der Waals surface area contributed by atoms with Crippen LogP contribution in [0.2, 0.25) is 0 Å². The molecule has 1 aliphatic rings. The van der Waals surface area contributed by atoms with E-state index in [0.717, 1.165) is 23.7 Å². The predicted octanol–water partition coefficient (Wildman–Crippen LogP) is 4.35. The summed E-state index contributed by atoms with van der Waals surface area (Å²) in [5, 5.41) is 0. The van der Waals surface area contributed by atoms with E-state index in [-0.39, 0.29) is 0 Å². The lowest BCUT2D eigenvalue weighted by molar-refractivity contribution is 0.0884. The summed E-state index contributed by atoms with van der Waals surface area (Å²) in [6.07, 6.45) is 2.96. The fourth-order valence-corrected chi connectivity index (χ4v) is 2.48. The summed E-state index contributed by atoms with van der Waals surface area (Å²) in [4.78, 5) is 0. The Morgan fingerprint density at radius 3 is 1.77 bits per heavy atom. The van der Waals surface area contributed by atoms with Crippen molar-refractivity contribution >= 4 is 0 Å². The highest BCUT2D eigenvalue weighted by Gasteiger charge is 2.41. The maximum absolute atomic E-state index is 2.46. The molecule has 2 atom stereocenters. The molecule has 1 saturated carbocycles. The van der Waals surface area contributed by atoms with Gasteiger partial charge in [-0.1, -0.05) is 41.5 Å². The zero-order valence-electron chi connectivity index (χ0n) is 10.2. The van der Waals surface area contributed by atoms with Crippen LogP contribution in [0.25, 0.3) is 0 Å². The Morgan fingerprint density at radius 1 is 1.00 bits per heavy atom. The minimum absolute atomic E-state index is 0.523. The van der Waals surface area contributed by atoms with Gasteiger partial charge in [0.1, 0.15) is 0 Å². The molecule has 0 spiro atoms. The van der Waals surface area contributed by atoms with Gasteiger partial charge in [-0.2, -0.15) is 0 Å². The topological polar surface area (TPSA) is 0 Å². The molecule has 0 aliphatic heterocycles. The van der Waals surface area contributed by atoms with E-state index in [4.69, 9.17) is 0 Å². The van der Waals surface area contributed by atoms with Crippen LogP contribution in [0, 0.1) is 29.1 Å². The molecule has 0 amide bonds. The van der Waals surface area contributed by atoms with Gasteiger partial charge in [-0.25, -0.2) is 0 Å². The lowest BCUT2D eigenvalue weighted by atomic mass is 9.65. The molecule has 13 heavy (non-hydrogen) atoms. The third-order valence-electron chi connectivity index (χ3n) is 4.68. The molecule has 0 aromatic heterocycles. The smallest absolute Gasteiger partial charge is 0.0298 e. The maximum atomic E-state index is 2.46. The van der Waals surface area contributed by atoms with Crippen LogP contribution in [0.4, 0.5) is 0 Å². The highest BCUT2D eigenvalue weighted by molar-refractivity contribution is 4.90. The molecule has 1 rings (SSSR count). The van der Waals surface area contributed by atoms with Gasteiger partial charge < -0.3 is 0 Å². The quantitative estimate of drug-likeness (QED) is 0.606. The Bertz CT molecular complexity index is 153. The van der Waals surface area contributed by atoms with Gasteiger partial charge in [0, 0.05) is 0 Å². The molecule has 78 valence electrons. The fraction of sp³-hybridized carbons (Fsp3) is 1.00. The molecule has 1 aliphatic carbocycles. The number of rotatable bonds is 4. The van der Waals surface area contributed by atoms with E-state index in [1.807, 2.05) is 0 Å². The van der Waals surface area contributed by atoms with E-state index in [0.29, 0.717) is 5.41 Å². The number of hydrogen-bond donors (Lipinski definition) is 0. The first-order valence-electron chi connectivity index (χ1n) is 5.87. The highest BCUT2D eigenvalue weighted by atomic mass is 14.5. The highest BCUT2D eigenvalue weighted by Crippen LogP contribution is 2.49. The largest absolute Gasteiger partial charge is 0.0625 e. The third-order valence-corrected chi connectivity index (χ3v) is 4.68. The van der Waals surface area contributed by atoms with Crippen LogP contribution in [0.5, 0.6) is 0 Å². The first-order chi connectivity index (χ1) is 5.87. The van der Waals surface area contributed by atoms with Crippen LogP contribution in [-0.4, -0.2) is 0 Å². The van der Waals surface area contributed by atoms with Gasteiger partial charge in [0.05, 0.1) is 0 Å². The van der Waals surface area contributed by atoms with Crippen molar-refractivity contribution < 1.29 is 0 Å². The standard InChI is InChI=1S/C13H26/c1-9(2)10(3)13(5,6)11(4)12-7-8-12/h9-12H,7-8H2,1-6H3. The van der Waals surface area contributed by atoms with Crippen molar-refractivity contribution in [3.8, 4) is 0 Å². The van der Waals surface area contributed by atoms with Gasteiger partial charge in [-0.05, 0) is 41.9 Å². The minimum Gasteiger partial charge on any atom is -0.0625 e. The molecule has 0 bridgehead atoms. The molecule has 0 aromatic carbocycles. The molecule has 0 heterocycles. The van der Waals surface area contributed by atoms with Crippen LogP contribution in [0.3, 0.4) is 0 Å². The second-order valence-electron chi connectivity index (χ2n) is 5.98. The second kappa shape index (κ2) is 3.63. The van der Waals surface area contributed by atoms with Crippen molar-refractivity contribution in [1.82, 2.24) is 0 Å². The lowest BCUT2D eigenvalue weighted by Crippen LogP contribution is -2.33.